The van der Waals surface area contributed by atoms with Gasteiger partial charge in [-0.05, 0) is 62.1 Å². The van der Waals surface area contributed by atoms with Crippen LogP contribution in [0.5, 0.6) is 11.5 Å². The van der Waals surface area contributed by atoms with Gasteiger partial charge in [-0.2, -0.15) is 0 Å². The number of aryl methyl sites for hydroxylation is 1. The SMILES string of the molecule is C=CC[C@](N)(CCc1ccc(Sc2cc(OCC)ccc2O)cc1Cl)COC. The van der Waals surface area contributed by atoms with Gasteiger partial charge in [0.15, 0.2) is 0 Å². The molecule has 28 heavy (non-hydrogen) atoms. The van der Waals surface area contributed by atoms with Crippen LogP contribution in [0, 0.1) is 0 Å². The summed E-state index contributed by atoms with van der Waals surface area (Å²) < 4.78 is 10.8. The van der Waals surface area contributed by atoms with E-state index in [-0.39, 0.29) is 5.75 Å². The summed E-state index contributed by atoms with van der Waals surface area (Å²) in [6.07, 6.45) is 4.00. The van der Waals surface area contributed by atoms with Crippen molar-refractivity contribution < 1.29 is 14.6 Å². The third-order valence-electron chi connectivity index (χ3n) is 4.37. The Hall–Kier alpha value is -1.66. The molecular weight excluding hydrogens is 394 g/mol. The molecule has 0 aliphatic carbocycles. The molecule has 0 aromatic heterocycles. The summed E-state index contributed by atoms with van der Waals surface area (Å²) in [5.74, 6) is 0.940. The van der Waals surface area contributed by atoms with Crippen molar-refractivity contribution in [3.05, 3.63) is 59.6 Å². The van der Waals surface area contributed by atoms with Crippen LogP contribution in [-0.2, 0) is 11.2 Å². The minimum Gasteiger partial charge on any atom is -0.507 e. The molecule has 0 saturated heterocycles. The van der Waals surface area contributed by atoms with Crippen LogP contribution < -0.4 is 10.5 Å². The number of ether oxygens (including phenoxy) is 2. The summed E-state index contributed by atoms with van der Waals surface area (Å²) in [6.45, 7) is 6.76. The number of benzene rings is 2. The molecule has 1 atom stereocenters. The molecule has 0 spiro atoms. The molecule has 0 heterocycles. The number of aromatic hydroxyl groups is 1. The van der Waals surface area contributed by atoms with E-state index in [1.807, 2.05) is 37.3 Å². The molecule has 152 valence electrons. The average molecular weight is 422 g/mol. The molecule has 0 aliphatic rings. The van der Waals surface area contributed by atoms with E-state index in [1.54, 1.807) is 19.2 Å². The maximum absolute atomic E-state index is 10.1. The average Bonchev–Trinajstić information content (AvgIpc) is 2.64. The molecule has 4 nitrogen and oxygen atoms in total. The van der Waals surface area contributed by atoms with Gasteiger partial charge < -0.3 is 20.3 Å². The first kappa shape index (κ1) is 22.6. The summed E-state index contributed by atoms with van der Waals surface area (Å²) in [7, 11) is 1.65. The van der Waals surface area contributed by atoms with E-state index in [2.05, 4.69) is 6.58 Å². The van der Waals surface area contributed by atoms with E-state index >= 15 is 0 Å². The normalized spacial score (nSPS) is 13.1. The molecule has 2 rings (SSSR count). The number of nitrogens with two attached hydrogens (primary N) is 1. The Labute approximate surface area is 176 Å². The van der Waals surface area contributed by atoms with Gasteiger partial charge in [0.1, 0.15) is 11.5 Å². The van der Waals surface area contributed by atoms with Crippen molar-refractivity contribution in [3.8, 4) is 11.5 Å². The largest absolute Gasteiger partial charge is 0.507 e. The zero-order valence-corrected chi connectivity index (χ0v) is 18.0. The lowest BCUT2D eigenvalue weighted by molar-refractivity contribution is 0.128. The van der Waals surface area contributed by atoms with Gasteiger partial charge >= 0.3 is 0 Å². The van der Waals surface area contributed by atoms with E-state index in [4.69, 9.17) is 26.8 Å². The lowest BCUT2D eigenvalue weighted by atomic mass is 9.90. The fourth-order valence-electron chi connectivity index (χ4n) is 2.95. The molecular formula is C22H28ClNO3S. The van der Waals surface area contributed by atoms with Crippen molar-refractivity contribution in [1.29, 1.82) is 0 Å². The second-order valence-electron chi connectivity index (χ2n) is 6.71. The number of hydrogen-bond acceptors (Lipinski definition) is 5. The summed E-state index contributed by atoms with van der Waals surface area (Å²) in [5.41, 5.74) is 7.01. The number of halogens is 1. The highest BCUT2D eigenvalue weighted by Crippen LogP contribution is 2.38. The molecule has 0 aliphatic heterocycles. The van der Waals surface area contributed by atoms with E-state index < -0.39 is 5.54 Å². The minimum atomic E-state index is -0.446. The first-order valence-electron chi connectivity index (χ1n) is 9.21. The molecule has 3 N–H and O–H groups in total. The molecule has 2 aromatic carbocycles. The van der Waals surface area contributed by atoms with Crippen LogP contribution >= 0.6 is 23.4 Å². The van der Waals surface area contributed by atoms with Crippen LogP contribution in [0.3, 0.4) is 0 Å². The highest BCUT2D eigenvalue weighted by molar-refractivity contribution is 7.99. The second-order valence-corrected chi connectivity index (χ2v) is 8.23. The summed E-state index contributed by atoms with van der Waals surface area (Å²) in [5, 5.41) is 10.8. The molecule has 2 aromatic rings. The van der Waals surface area contributed by atoms with Crippen LogP contribution in [0.2, 0.25) is 5.02 Å². The van der Waals surface area contributed by atoms with Crippen LogP contribution in [0.25, 0.3) is 0 Å². The number of phenolic OH excluding ortho intramolecular Hbond substituents is 1. The monoisotopic (exact) mass is 421 g/mol. The maximum atomic E-state index is 10.1. The van der Waals surface area contributed by atoms with Crippen LogP contribution in [-0.4, -0.2) is 31.0 Å². The fourth-order valence-corrected chi connectivity index (χ4v) is 4.20. The smallest absolute Gasteiger partial charge is 0.129 e. The Balaban J connectivity index is 2.10. The minimum absolute atomic E-state index is 0.213. The van der Waals surface area contributed by atoms with Crippen molar-refractivity contribution in [1.82, 2.24) is 0 Å². The van der Waals surface area contributed by atoms with E-state index in [0.29, 0.717) is 24.7 Å². The molecule has 0 unspecified atom stereocenters. The van der Waals surface area contributed by atoms with Gasteiger partial charge in [0.2, 0.25) is 0 Å². The van der Waals surface area contributed by atoms with E-state index in [0.717, 1.165) is 33.9 Å². The maximum Gasteiger partial charge on any atom is 0.129 e. The van der Waals surface area contributed by atoms with Gasteiger partial charge in [-0.15, -0.1) is 6.58 Å². The predicted octanol–water partition coefficient (Wildman–Crippen LogP) is 5.45. The van der Waals surface area contributed by atoms with Crippen molar-refractivity contribution in [3.63, 3.8) is 0 Å². The molecule has 0 saturated carbocycles. The van der Waals surface area contributed by atoms with Gasteiger partial charge in [-0.1, -0.05) is 35.5 Å². The highest BCUT2D eigenvalue weighted by Gasteiger charge is 2.23. The summed E-state index contributed by atoms with van der Waals surface area (Å²) in [4.78, 5) is 1.67. The zero-order valence-electron chi connectivity index (χ0n) is 16.4. The number of phenols is 1. The second kappa shape index (κ2) is 10.8. The quantitative estimate of drug-likeness (QED) is 0.472. The lowest BCUT2D eigenvalue weighted by Gasteiger charge is -2.27. The topological polar surface area (TPSA) is 64.7 Å². The Bertz CT molecular complexity index is 799. The Morgan fingerprint density at radius 2 is 2.07 bits per heavy atom. The lowest BCUT2D eigenvalue weighted by Crippen LogP contribution is -2.44. The third kappa shape index (κ3) is 6.45. The van der Waals surface area contributed by atoms with Crippen LogP contribution in [0.15, 0.2) is 58.8 Å². The molecule has 0 bridgehead atoms. The highest BCUT2D eigenvalue weighted by atomic mass is 35.5. The Morgan fingerprint density at radius 1 is 1.29 bits per heavy atom. The summed E-state index contributed by atoms with van der Waals surface area (Å²) in [6, 6.07) is 11.1. The molecule has 0 amide bonds. The van der Waals surface area contributed by atoms with Gasteiger partial charge in [0, 0.05) is 22.6 Å². The van der Waals surface area contributed by atoms with Crippen molar-refractivity contribution in [2.24, 2.45) is 5.73 Å². The van der Waals surface area contributed by atoms with Gasteiger partial charge in [-0.25, -0.2) is 0 Å². The number of hydrogen-bond donors (Lipinski definition) is 2. The first-order chi connectivity index (χ1) is 13.4. The third-order valence-corrected chi connectivity index (χ3v) is 5.76. The van der Waals surface area contributed by atoms with Gasteiger partial charge in [0.05, 0.1) is 18.1 Å². The number of rotatable bonds is 11. The number of methoxy groups -OCH3 is 1. The fraction of sp³-hybridized carbons (Fsp3) is 0.364. The molecule has 0 radical (unpaired) electrons. The van der Waals surface area contributed by atoms with E-state index in [9.17, 15) is 5.11 Å². The predicted molar refractivity (Wildman–Crippen MR) is 117 cm³/mol. The zero-order chi connectivity index (χ0) is 20.6. The van der Waals surface area contributed by atoms with Gasteiger partial charge in [-0.3, -0.25) is 0 Å². The standard InChI is InChI=1S/C22H28ClNO3S/c1-4-11-22(24,15-26-3)12-10-16-6-8-18(14-19(16)23)28-21-13-17(27-5-2)7-9-20(21)25/h4,6-9,13-14,25H,1,5,10-12,15,24H2,2-3H3/t22-/m0/s1. The van der Waals surface area contributed by atoms with Crippen LogP contribution in [0.1, 0.15) is 25.3 Å². The molecule has 6 heteroatoms. The van der Waals surface area contributed by atoms with Crippen molar-refractivity contribution in [2.45, 2.75) is 41.5 Å². The van der Waals surface area contributed by atoms with Crippen molar-refractivity contribution in [2.75, 3.05) is 20.3 Å². The van der Waals surface area contributed by atoms with Crippen LogP contribution in [0.4, 0.5) is 0 Å². The summed E-state index contributed by atoms with van der Waals surface area (Å²) >= 11 is 7.95. The van der Waals surface area contributed by atoms with E-state index in [1.165, 1.54) is 11.8 Å². The first-order valence-corrected chi connectivity index (χ1v) is 10.4. The Kier molecular flexibility index (Phi) is 8.70. The van der Waals surface area contributed by atoms with Gasteiger partial charge in [0.25, 0.3) is 0 Å². The molecule has 0 fully saturated rings. The van der Waals surface area contributed by atoms with Crippen molar-refractivity contribution >= 4 is 23.4 Å². The Morgan fingerprint density at radius 3 is 2.71 bits per heavy atom.